The first-order chi connectivity index (χ1) is 12.8. The number of alkyl halides is 3. The Kier molecular flexibility index (Phi) is 5.54. The van der Waals surface area contributed by atoms with Gasteiger partial charge in [0, 0.05) is 24.4 Å². The largest absolute Gasteiger partial charge is 0.408 e. The Hall–Kier alpha value is -2.75. The van der Waals surface area contributed by atoms with Gasteiger partial charge in [0.05, 0.1) is 15.6 Å². The van der Waals surface area contributed by atoms with Crippen LogP contribution in [0.4, 0.5) is 13.2 Å². The Balaban J connectivity index is 1.70. The highest BCUT2D eigenvalue weighted by Crippen LogP contribution is 2.25. The highest BCUT2D eigenvalue weighted by molar-refractivity contribution is 7.13. The van der Waals surface area contributed by atoms with E-state index >= 15 is 0 Å². The van der Waals surface area contributed by atoms with Gasteiger partial charge in [0.25, 0.3) is 0 Å². The second-order valence-corrected chi connectivity index (χ2v) is 6.83. The SMILES string of the molecule is Cc1onc(-c2ccccn2)c1CCc1ncc(C(N)=NCC(F)(F)F)s1. The Bertz CT molecular complexity index is 934. The van der Waals surface area contributed by atoms with Crippen molar-refractivity contribution >= 4 is 17.2 Å². The van der Waals surface area contributed by atoms with Crippen molar-refractivity contribution in [2.45, 2.75) is 25.9 Å². The van der Waals surface area contributed by atoms with E-state index in [1.54, 1.807) is 6.20 Å². The second-order valence-electron chi connectivity index (χ2n) is 5.72. The van der Waals surface area contributed by atoms with Crippen LogP contribution < -0.4 is 5.73 Å². The number of hydrogen-bond donors (Lipinski definition) is 1. The smallest absolute Gasteiger partial charge is 0.383 e. The van der Waals surface area contributed by atoms with Crippen molar-refractivity contribution in [3.63, 3.8) is 0 Å². The summed E-state index contributed by atoms with van der Waals surface area (Å²) in [7, 11) is 0. The molecular formula is C17H16F3N5OS. The van der Waals surface area contributed by atoms with Crippen LogP contribution in [0.2, 0.25) is 0 Å². The molecule has 6 nitrogen and oxygen atoms in total. The van der Waals surface area contributed by atoms with Gasteiger partial charge in [-0.1, -0.05) is 11.2 Å². The molecule has 0 aliphatic rings. The molecule has 0 saturated heterocycles. The van der Waals surface area contributed by atoms with Crippen LogP contribution in [0.15, 0.2) is 40.1 Å². The zero-order valence-corrected chi connectivity index (χ0v) is 15.1. The van der Waals surface area contributed by atoms with Crippen molar-refractivity contribution in [1.29, 1.82) is 0 Å². The molecule has 0 amide bonds. The van der Waals surface area contributed by atoms with Crippen molar-refractivity contribution in [1.82, 2.24) is 15.1 Å². The monoisotopic (exact) mass is 395 g/mol. The predicted octanol–water partition coefficient (Wildman–Crippen LogP) is 3.55. The van der Waals surface area contributed by atoms with Gasteiger partial charge in [-0.05, 0) is 25.5 Å². The normalized spacial score (nSPS) is 12.5. The number of pyridine rings is 1. The Morgan fingerprint density at radius 1 is 1.26 bits per heavy atom. The van der Waals surface area contributed by atoms with E-state index in [-0.39, 0.29) is 5.84 Å². The molecule has 3 aromatic rings. The molecule has 3 rings (SSSR count). The second kappa shape index (κ2) is 7.87. The van der Waals surface area contributed by atoms with Crippen LogP contribution >= 0.6 is 11.3 Å². The van der Waals surface area contributed by atoms with Crippen LogP contribution in [0, 0.1) is 6.92 Å². The summed E-state index contributed by atoms with van der Waals surface area (Å²) in [6.45, 7) is 0.517. The molecule has 0 fully saturated rings. The molecule has 0 saturated carbocycles. The van der Waals surface area contributed by atoms with Crippen molar-refractivity contribution in [3.8, 4) is 11.4 Å². The minimum atomic E-state index is -4.38. The molecule has 0 aliphatic carbocycles. The third kappa shape index (κ3) is 4.91. The van der Waals surface area contributed by atoms with E-state index in [4.69, 9.17) is 10.3 Å². The van der Waals surface area contributed by atoms with Gasteiger partial charge in [0.15, 0.2) is 0 Å². The number of amidine groups is 1. The van der Waals surface area contributed by atoms with E-state index in [1.165, 1.54) is 17.5 Å². The van der Waals surface area contributed by atoms with E-state index in [1.807, 2.05) is 25.1 Å². The molecule has 27 heavy (non-hydrogen) atoms. The molecule has 2 N–H and O–H groups in total. The number of nitrogens with zero attached hydrogens (tertiary/aromatic N) is 4. The molecular weight excluding hydrogens is 379 g/mol. The van der Waals surface area contributed by atoms with Gasteiger partial charge in [-0.15, -0.1) is 11.3 Å². The van der Waals surface area contributed by atoms with E-state index in [0.29, 0.717) is 34.9 Å². The molecule has 3 heterocycles. The standard InChI is InChI=1S/C17H16F3N5OS/c1-10-11(15(25-26-10)12-4-2-3-7-22-12)5-6-14-23-8-13(27-14)16(21)24-9-17(18,19)20/h2-4,7-8H,5-6,9H2,1H3,(H2,21,24). The van der Waals surface area contributed by atoms with Gasteiger partial charge in [0.2, 0.25) is 0 Å². The lowest BCUT2D eigenvalue weighted by Crippen LogP contribution is -2.18. The zero-order chi connectivity index (χ0) is 19.4. The molecule has 0 bridgehead atoms. The summed E-state index contributed by atoms with van der Waals surface area (Å²) >= 11 is 1.22. The summed E-state index contributed by atoms with van der Waals surface area (Å²) in [5.41, 5.74) is 7.93. The average Bonchev–Trinajstić information content (AvgIpc) is 3.25. The summed E-state index contributed by atoms with van der Waals surface area (Å²) in [5.74, 6) is 0.532. The highest BCUT2D eigenvalue weighted by atomic mass is 32.1. The zero-order valence-electron chi connectivity index (χ0n) is 14.3. The van der Waals surface area contributed by atoms with E-state index < -0.39 is 12.7 Å². The number of aryl methyl sites for hydroxylation is 2. The van der Waals surface area contributed by atoms with Gasteiger partial charge in [-0.25, -0.2) is 4.98 Å². The number of hydrogen-bond acceptors (Lipinski definition) is 6. The molecule has 0 spiro atoms. The fourth-order valence-electron chi connectivity index (χ4n) is 2.42. The first kappa shape index (κ1) is 19.0. The number of thiazole rings is 1. The predicted molar refractivity (Wildman–Crippen MR) is 95.6 cm³/mol. The fraction of sp³-hybridized carbons (Fsp3) is 0.294. The first-order valence-corrected chi connectivity index (χ1v) is 8.83. The minimum absolute atomic E-state index is 0.161. The molecule has 0 unspecified atom stereocenters. The molecule has 3 aromatic heterocycles. The number of halogens is 3. The summed E-state index contributed by atoms with van der Waals surface area (Å²) in [5, 5.41) is 4.82. The van der Waals surface area contributed by atoms with Crippen LogP contribution in [0.1, 0.15) is 21.2 Å². The van der Waals surface area contributed by atoms with Gasteiger partial charge in [0.1, 0.15) is 23.8 Å². The fourth-order valence-corrected chi connectivity index (χ4v) is 3.26. The number of aromatic nitrogens is 3. The molecule has 142 valence electrons. The van der Waals surface area contributed by atoms with Crippen LogP contribution in [-0.4, -0.2) is 33.7 Å². The maximum Gasteiger partial charge on any atom is 0.408 e. The molecule has 0 atom stereocenters. The molecule has 0 radical (unpaired) electrons. The number of rotatable bonds is 6. The Morgan fingerprint density at radius 3 is 2.78 bits per heavy atom. The van der Waals surface area contributed by atoms with Gasteiger partial charge >= 0.3 is 6.18 Å². The minimum Gasteiger partial charge on any atom is -0.383 e. The van der Waals surface area contributed by atoms with Gasteiger partial charge in [-0.3, -0.25) is 9.98 Å². The van der Waals surface area contributed by atoms with Crippen LogP contribution in [0.5, 0.6) is 0 Å². The summed E-state index contributed by atoms with van der Waals surface area (Å²) in [6, 6.07) is 5.53. The van der Waals surface area contributed by atoms with E-state index in [0.717, 1.165) is 10.6 Å². The van der Waals surface area contributed by atoms with Crippen molar-refractivity contribution in [2.24, 2.45) is 10.7 Å². The van der Waals surface area contributed by atoms with Crippen molar-refractivity contribution in [2.75, 3.05) is 6.54 Å². The van der Waals surface area contributed by atoms with Crippen LogP contribution in [-0.2, 0) is 12.8 Å². The third-order valence-corrected chi connectivity index (χ3v) is 4.80. The number of nitrogens with two attached hydrogens (primary N) is 1. The summed E-state index contributed by atoms with van der Waals surface area (Å²) in [6.07, 6.45) is -0.0899. The highest BCUT2D eigenvalue weighted by Gasteiger charge is 2.26. The van der Waals surface area contributed by atoms with Crippen molar-refractivity contribution < 1.29 is 17.7 Å². The van der Waals surface area contributed by atoms with Crippen LogP contribution in [0.3, 0.4) is 0 Å². The number of aliphatic imine (C=N–C) groups is 1. The molecule has 10 heteroatoms. The Morgan fingerprint density at radius 2 is 2.07 bits per heavy atom. The lowest BCUT2D eigenvalue weighted by atomic mass is 10.1. The topological polar surface area (TPSA) is 90.2 Å². The quantitative estimate of drug-likeness (QED) is 0.509. The van der Waals surface area contributed by atoms with Gasteiger partial charge in [-0.2, -0.15) is 13.2 Å². The molecule has 0 aromatic carbocycles. The Labute approximate surface area is 157 Å². The lowest BCUT2D eigenvalue weighted by molar-refractivity contribution is -0.118. The van der Waals surface area contributed by atoms with E-state index in [2.05, 4.69) is 20.1 Å². The lowest BCUT2D eigenvalue weighted by Gasteiger charge is -2.02. The molecule has 0 aliphatic heterocycles. The van der Waals surface area contributed by atoms with E-state index in [9.17, 15) is 13.2 Å². The van der Waals surface area contributed by atoms with Crippen LogP contribution in [0.25, 0.3) is 11.4 Å². The maximum absolute atomic E-state index is 12.2. The summed E-state index contributed by atoms with van der Waals surface area (Å²) < 4.78 is 42.0. The summed E-state index contributed by atoms with van der Waals surface area (Å²) in [4.78, 5) is 12.3. The van der Waals surface area contributed by atoms with Gasteiger partial charge < -0.3 is 10.3 Å². The maximum atomic E-state index is 12.2. The average molecular weight is 395 g/mol. The van der Waals surface area contributed by atoms with Crippen molar-refractivity contribution in [3.05, 3.63) is 51.8 Å². The first-order valence-electron chi connectivity index (χ1n) is 8.02. The third-order valence-electron chi connectivity index (χ3n) is 3.72.